The summed E-state index contributed by atoms with van der Waals surface area (Å²) < 4.78 is 0. The Kier molecular flexibility index (Phi) is 3.19. The Balaban J connectivity index is 2.45. The van der Waals surface area contributed by atoms with Crippen LogP contribution >= 0.6 is 0 Å². The van der Waals surface area contributed by atoms with Crippen LogP contribution in [0.1, 0.15) is 12.5 Å². The molecule has 0 saturated heterocycles. The van der Waals surface area contributed by atoms with E-state index in [0.29, 0.717) is 0 Å². The summed E-state index contributed by atoms with van der Waals surface area (Å²) in [4.78, 5) is 10.3. The molecule has 0 unspecified atom stereocenters. The van der Waals surface area contributed by atoms with E-state index in [-0.39, 0.29) is 10.6 Å². The summed E-state index contributed by atoms with van der Waals surface area (Å²) in [5.74, 6) is 0. The standard InChI is InChI=1S/C14H13NO2/c1-2-11-5-3-6-12(9-11)13-7-4-8-14(10-13)15(16)17/h3-10H,2H2,1H3. The molecule has 0 amide bonds. The summed E-state index contributed by atoms with van der Waals surface area (Å²) in [6.45, 7) is 2.09. The van der Waals surface area contributed by atoms with E-state index in [1.165, 1.54) is 11.6 Å². The smallest absolute Gasteiger partial charge is 0.258 e. The van der Waals surface area contributed by atoms with Gasteiger partial charge in [-0.05, 0) is 23.1 Å². The predicted molar refractivity (Wildman–Crippen MR) is 67.9 cm³/mol. The van der Waals surface area contributed by atoms with Crippen molar-refractivity contribution in [3.8, 4) is 11.1 Å². The molecule has 0 aliphatic carbocycles. The third kappa shape index (κ3) is 2.50. The monoisotopic (exact) mass is 227 g/mol. The minimum atomic E-state index is -0.368. The Morgan fingerprint density at radius 1 is 1.06 bits per heavy atom. The number of nitro benzene ring substituents is 1. The van der Waals surface area contributed by atoms with E-state index in [1.54, 1.807) is 12.1 Å². The lowest BCUT2D eigenvalue weighted by Crippen LogP contribution is -1.88. The molecule has 0 aliphatic heterocycles. The van der Waals surface area contributed by atoms with Crippen molar-refractivity contribution < 1.29 is 4.92 Å². The number of hydrogen-bond donors (Lipinski definition) is 0. The van der Waals surface area contributed by atoms with E-state index < -0.39 is 0 Å². The Hall–Kier alpha value is -2.16. The van der Waals surface area contributed by atoms with Crippen LogP contribution < -0.4 is 0 Å². The van der Waals surface area contributed by atoms with Crippen LogP contribution in [0.2, 0.25) is 0 Å². The summed E-state index contributed by atoms with van der Waals surface area (Å²) >= 11 is 0. The molecular formula is C14H13NO2. The number of nitrogens with zero attached hydrogens (tertiary/aromatic N) is 1. The second-order valence-corrected chi connectivity index (χ2v) is 3.86. The van der Waals surface area contributed by atoms with E-state index in [1.807, 2.05) is 18.2 Å². The highest BCUT2D eigenvalue weighted by atomic mass is 16.6. The van der Waals surface area contributed by atoms with Gasteiger partial charge in [-0.2, -0.15) is 0 Å². The predicted octanol–water partition coefficient (Wildman–Crippen LogP) is 3.82. The van der Waals surface area contributed by atoms with Crippen LogP contribution in [0.15, 0.2) is 48.5 Å². The highest BCUT2D eigenvalue weighted by Gasteiger charge is 2.06. The summed E-state index contributed by atoms with van der Waals surface area (Å²) in [7, 11) is 0. The maximum Gasteiger partial charge on any atom is 0.270 e. The second-order valence-electron chi connectivity index (χ2n) is 3.86. The average Bonchev–Trinajstić information content (AvgIpc) is 2.39. The number of hydrogen-bond acceptors (Lipinski definition) is 2. The Labute approximate surface area is 99.9 Å². The highest BCUT2D eigenvalue weighted by Crippen LogP contribution is 2.24. The van der Waals surface area contributed by atoms with Crippen LogP contribution in [0, 0.1) is 10.1 Å². The Morgan fingerprint density at radius 2 is 1.71 bits per heavy atom. The fraction of sp³-hybridized carbons (Fsp3) is 0.143. The van der Waals surface area contributed by atoms with Gasteiger partial charge in [-0.3, -0.25) is 10.1 Å². The molecule has 0 N–H and O–H groups in total. The molecule has 0 fully saturated rings. The van der Waals surface area contributed by atoms with Crippen LogP contribution in [-0.2, 0) is 6.42 Å². The molecule has 0 bridgehead atoms. The maximum absolute atomic E-state index is 10.7. The van der Waals surface area contributed by atoms with Gasteiger partial charge in [-0.1, -0.05) is 43.3 Å². The molecule has 0 aromatic heterocycles. The zero-order chi connectivity index (χ0) is 12.3. The van der Waals surface area contributed by atoms with Gasteiger partial charge < -0.3 is 0 Å². The number of benzene rings is 2. The van der Waals surface area contributed by atoms with Crippen molar-refractivity contribution in [2.24, 2.45) is 0 Å². The van der Waals surface area contributed by atoms with Crippen LogP contribution in [0.3, 0.4) is 0 Å². The molecule has 2 aromatic rings. The van der Waals surface area contributed by atoms with Crippen LogP contribution in [0.4, 0.5) is 5.69 Å². The van der Waals surface area contributed by atoms with Crippen molar-refractivity contribution in [2.75, 3.05) is 0 Å². The summed E-state index contributed by atoms with van der Waals surface area (Å²) in [6.07, 6.45) is 0.961. The third-order valence-corrected chi connectivity index (χ3v) is 2.73. The lowest BCUT2D eigenvalue weighted by atomic mass is 10.0. The Morgan fingerprint density at radius 3 is 2.35 bits per heavy atom. The fourth-order valence-corrected chi connectivity index (χ4v) is 1.77. The lowest BCUT2D eigenvalue weighted by Gasteiger charge is -2.03. The highest BCUT2D eigenvalue weighted by molar-refractivity contribution is 5.66. The van der Waals surface area contributed by atoms with Gasteiger partial charge >= 0.3 is 0 Å². The first kappa shape index (κ1) is 11.3. The molecule has 2 aromatic carbocycles. The number of non-ortho nitro benzene ring substituents is 1. The fourth-order valence-electron chi connectivity index (χ4n) is 1.77. The van der Waals surface area contributed by atoms with Crippen LogP contribution in [-0.4, -0.2) is 4.92 Å². The molecule has 0 radical (unpaired) electrons. The van der Waals surface area contributed by atoms with Crippen molar-refractivity contribution >= 4 is 5.69 Å². The average molecular weight is 227 g/mol. The number of nitro groups is 1. The van der Waals surface area contributed by atoms with Crippen molar-refractivity contribution in [2.45, 2.75) is 13.3 Å². The molecule has 3 heteroatoms. The van der Waals surface area contributed by atoms with Gasteiger partial charge in [0.2, 0.25) is 0 Å². The quantitative estimate of drug-likeness (QED) is 0.590. The Bertz CT molecular complexity index is 549. The van der Waals surface area contributed by atoms with Gasteiger partial charge in [0, 0.05) is 12.1 Å². The molecule has 2 rings (SSSR count). The molecule has 0 heterocycles. The third-order valence-electron chi connectivity index (χ3n) is 2.73. The first-order valence-electron chi connectivity index (χ1n) is 5.54. The minimum Gasteiger partial charge on any atom is -0.258 e. The van der Waals surface area contributed by atoms with E-state index in [0.717, 1.165) is 17.5 Å². The van der Waals surface area contributed by atoms with Gasteiger partial charge in [0.15, 0.2) is 0 Å². The second kappa shape index (κ2) is 4.78. The van der Waals surface area contributed by atoms with Crippen LogP contribution in [0.25, 0.3) is 11.1 Å². The van der Waals surface area contributed by atoms with Gasteiger partial charge in [-0.15, -0.1) is 0 Å². The van der Waals surface area contributed by atoms with Gasteiger partial charge in [0.05, 0.1) is 4.92 Å². The van der Waals surface area contributed by atoms with E-state index in [2.05, 4.69) is 19.1 Å². The van der Waals surface area contributed by atoms with Crippen molar-refractivity contribution in [1.29, 1.82) is 0 Å². The summed E-state index contributed by atoms with van der Waals surface area (Å²) in [5.41, 5.74) is 3.26. The first-order chi connectivity index (χ1) is 8.20. The van der Waals surface area contributed by atoms with Gasteiger partial charge in [0.25, 0.3) is 5.69 Å². The summed E-state index contributed by atoms with van der Waals surface area (Å²) in [5, 5.41) is 10.7. The minimum absolute atomic E-state index is 0.129. The molecular weight excluding hydrogens is 214 g/mol. The number of rotatable bonds is 3. The SMILES string of the molecule is CCc1cccc(-c2cccc([N+](=O)[O-])c2)c1. The zero-order valence-electron chi connectivity index (χ0n) is 9.59. The van der Waals surface area contributed by atoms with Crippen molar-refractivity contribution in [1.82, 2.24) is 0 Å². The summed E-state index contributed by atoms with van der Waals surface area (Å²) in [6, 6.07) is 14.8. The van der Waals surface area contributed by atoms with E-state index in [9.17, 15) is 10.1 Å². The largest absolute Gasteiger partial charge is 0.270 e. The first-order valence-corrected chi connectivity index (χ1v) is 5.54. The molecule has 0 aliphatic rings. The van der Waals surface area contributed by atoms with Gasteiger partial charge in [-0.25, -0.2) is 0 Å². The molecule has 0 spiro atoms. The number of aryl methyl sites for hydroxylation is 1. The molecule has 0 atom stereocenters. The van der Waals surface area contributed by atoms with E-state index in [4.69, 9.17) is 0 Å². The topological polar surface area (TPSA) is 43.1 Å². The van der Waals surface area contributed by atoms with Gasteiger partial charge in [0.1, 0.15) is 0 Å². The lowest BCUT2D eigenvalue weighted by molar-refractivity contribution is -0.384. The normalized spacial score (nSPS) is 10.2. The van der Waals surface area contributed by atoms with Crippen LogP contribution in [0.5, 0.6) is 0 Å². The van der Waals surface area contributed by atoms with E-state index >= 15 is 0 Å². The molecule has 17 heavy (non-hydrogen) atoms. The maximum atomic E-state index is 10.7. The van der Waals surface area contributed by atoms with Crippen molar-refractivity contribution in [3.63, 3.8) is 0 Å². The van der Waals surface area contributed by atoms with Crippen molar-refractivity contribution in [3.05, 3.63) is 64.2 Å². The molecule has 3 nitrogen and oxygen atoms in total. The molecule has 0 saturated carbocycles. The molecule has 86 valence electrons. The zero-order valence-corrected chi connectivity index (χ0v) is 9.59.